The van der Waals surface area contributed by atoms with Gasteiger partial charge in [-0.2, -0.15) is 26.7 Å². The summed E-state index contributed by atoms with van der Waals surface area (Å²) in [5.41, 5.74) is 11.0. The van der Waals surface area contributed by atoms with Crippen LogP contribution in [-0.2, 0) is 6.42 Å². The fraction of sp³-hybridized carbons (Fsp3) is 0.769. The first-order chi connectivity index (χ1) is 9.22. The third kappa shape index (κ3) is 7.87. The van der Waals surface area contributed by atoms with Crippen molar-refractivity contribution in [1.82, 2.24) is 15.0 Å². The molecule has 0 bridgehead atoms. The van der Waals surface area contributed by atoms with Gasteiger partial charge in [0.25, 0.3) is 0 Å². The van der Waals surface area contributed by atoms with Gasteiger partial charge in [0.15, 0.2) is 0 Å². The number of nitrogens with zero attached hydrogens (tertiary/aromatic N) is 3. The molecule has 1 aromatic heterocycles. The number of nitrogen functional groups attached to an aromatic ring is 2. The fourth-order valence-corrected chi connectivity index (χ4v) is 2.76. The molecule has 0 saturated heterocycles. The van der Waals surface area contributed by atoms with Crippen LogP contribution in [0.5, 0.6) is 0 Å². The summed E-state index contributed by atoms with van der Waals surface area (Å²) >= 11 is 1.94. The highest BCUT2D eigenvalue weighted by atomic mass is 32.2. The quantitative estimate of drug-likeness (QED) is 0.641. The number of thioether (sulfide) groups is 1. The third-order valence-electron chi connectivity index (χ3n) is 2.83. The number of hydrogen-bond acceptors (Lipinski definition) is 6. The highest BCUT2D eigenvalue weighted by molar-refractivity contribution is 7.99. The first-order valence-electron chi connectivity index (χ1n) is 7.06. The van der Waals surface area contributed by atoms with E-state index in [2.05, 4.69) is 21.9 Å². The Bertz CT molecular complexity index is 339. The van der Waals surface area contributed by atoms with Crippen LogP contribution in [0.4, 0.5) is 11.9 Å². The summed E-state index contributed by atoms with van der Waals surface area (Å²) in [6.45, 7) is 2.25. The number of aromatic nitrogens is 3. The molecular weight excluding hydrogens is 258 g/mol. The molecule has 0 saturated carbocycles. The summed E-state index contributed by atoms with van der Waals surface area (Å²) in [6.07, 6.45) is 8.88. The minimum absolute atomic E-state index is 0.212. The van der Waals surface area contributed by atoms with Gasteiger partial charge in [-0.05, 0) is 12.2 Å². The second-order valence-corrected chi connectivity index (χ2v) is 5.82. The zero-order chi connectivity index (χ0) is 13.9. The summed E-state index contributed by atoms with van der Waals surface area (Å²) in [4.78, 5) is 11.9. The lowest BCUT2D eigenvalue weighted by Gasteiger charge is -2.03. The van der Waals surface area contributed by atoms with E-state index in [4.69, 9.17) is 11.5 Å². The molecule has 0 fully saturated rings. The van der Waals surface area contributed by atoms with Gasteiger partial charge in [0.05, 0.1) is 0 Å². The smallest absolute Gasteiger partial charge is 0.225 e. The van der Waals surface area contributed by atoms with Gasteiger partial charge in [-0.3, -0.25) is 0 Å². The summed E-state index contributed by atoms with van der Waals surface area (Å²) in [5, 5.41) is 0. The zero-order valence-electron chi connectivity index (χ0n) is 11.8. The first kappa shape index (κ1) is 16.0. The number of nitrogens with two attached hydrogens (primary N) is 2. The van der Waals surface area contributed by atoms with E-state index < -0.39 is 0 Å². The molecule has 0 spiro atoms. The Labute approximate surface area is 120 Å². The maximum absolute atomic E-state index is 5.52. The largest absolute Gasteiger partial charge is 0.368 e. The van der Waals surface area contributed by atoms with Gasteiger partial charge in [-0.25, -0.2) is 0 Å². The molecule has 5 nitrogen and oxygen atoms in total. The second kappa shape index (κ2) is 9.83. The van der Waals surface area contributed by atoms with Crippen molar-refractivity contribution < 1.29 is 0 Å². The molecule has 108 valence electrons. The SMILES string of the molecule is CCCCCCCCSCCc1nc(N)nc(N)n1. The summed E-state index contributed by atoms with van der Waals surface area (Å²) < 4.78 is 0. The minimum Gasteiger partial charge on any atom is -0.368 e. The van der Waals surface area contributed by atoms with Crippen LogP contribution in [0.15, 0.2) is 0 Å². The lowest BCUT2D eigenvalue weighted by Crippen LogP contribution is -2.07. The highest BCUT2D eigenvalue weighted by Crippen LogP contribution is 2.11. The number of rotatable bonds is 10. The van der Waals surface area contributed by atoms with E-state index in [0.29, 0.717) is 5.82 Å². The predicted molar refractivity (Wildman–Crippen MR) is 83.1 cm³/mol. The molecule has 0 aromatic carbocycles. The molecule has 1 aromatic rings. The van der Waals surface area contributed by atoms with Crippen LogP contribution in [0.1, 0.15) is 51.3 Å². The van der Waals surface area contributed by atoms with E-state index in [9.17, 15) is 0 Å². The average Bonchev–Trinajstić information content (AvgIpc) is 2.36. The zero-order valence-corrected chi connectivity index (χ0v) is 12.6. The number of aryl methyl sites for hydroxylation is 1. The highest BCUT2D eigenvalue weighted by Gasteiger charge is 2.01. The van der Waals surface area contributed by atoms with Gasteiger partial charge in [0, 0.05) is 12.2 Å². The van der Waals surface area contributed by atoms with E-state index in [1.165, 1.54) is 44.3 Å². The van der Waals surface area contributed by atoms with Gasteiger partial charge in [0.2, 0.25) is 11.9 Å². The van der Waals surface area contributed by atoms with Crippen molar-refractivity contribution in [3.05, 3.63) is 5.82 Å². The molecule has 0 unspecified atom stereocenters. The van der Waals surface area contributed by atoms with Crippen LogP contribution in [-0.4, -0.2) is 26.5 Å². The Hall–Kier alpha value is -1.04. The van der Waals surface area contributed by atoms with Crippen molar-refractivity contribution in [3.63, 3.8) is 0 Å². The summed E-state index contributed by atoms with van der Waals surface area (Å²) in [6, 6.07) is 0. The number of hydrogen-bond donors (Lipinski definition) is 2. The summed E-state index contributed by atoms with van der Waals surface area (Å²) in [7, 11) is 0. The molecule has 0 atom stereocenters. The van der Waals surface area contributed by atoms with Crippen LogP contribution in [0.3, 0.4) is 0 Å². The normalized spacial score (nSPS) is 10.8. The Balaban J connectivity index is 2.01. The molecule has 6 heteroatoms. The maximum Gasteiger partial charge on any atom is 0.225 e. The van der Waals surface area contributed by atoms with Crippen LogP contribution in [0.25, 0.3) is 0 Å². The van der Waals surface area contributed by atoms with Crippen molar-refractivity contribution in [1.29, 1.82) is 0 Å². The standard InChI is InChI=1S/C13H25N5S/c1-2-3-4-5-6-7-9-19-10-8-11-16-12(14)18-13(15)17-11/h2-10H2,1H3,(H4,14,15,16,17,18). The van der Waals surface area contributed by atoms with E-state index in [1.54, 1.807) is 0 Å². The first-order valence-corrected chi connectivity index (χ1v) is 8.21. The van der Waals surface area contributed by atoms with E-state index in [-0.39, 0.29) is 11.9 Å². The van der Waals surface area contributed by atoms with Crippen molar-refractivity contribution >= 4 is 23.7 Å². The van der Waals surface area contributed by atoms with Crippen LogP contribution >= 0.6 is 11.8 Å². The monoisotopic (exact) mass is 283 g/mol. The van der Waals surface area contributed by atoms with Crippen molar-refractivity contribution in [2.45, 2.75) is 51.9 Å². The minimum atomic E-state index is 0.212. The van der Waals surface area contributed by atoms with Gasteiger partial charge >= 0.3 is 0 Å². The average molecular weight is 283 g/mol. The topological polar surface area (TPSA) is 90.7 Å². The maximum atomic E-state index is 5.52. The molecule has 0 aliphatic rings. The molecule has 1 rings (SSSR count). The molecule has 0 aliphatic carbocycles. The Morgan fingerprint density at radius 3 is 2.16 bits per heavy atom. The Morgan fingerprint density at radius 2 is 1.47 bits per heavy atom. The third-order valence-corrected chi connectivity index (χ3v) is 3.90. The molecular formula is C13H25N5S. The lowest BCUT2D eigenvalue weighted by atomic mass is 10.1. The fourth-order valence-electron chi connectivity index (χ4n) is 1.82. The van der Waals surface area contributed by atoms with Gasteiger partial charge in [-0.15, -0.1) is 0 Å². The number of unbranched alkanes of at least 4 members (excludes halogenated alkanes) is 5. The van der Waals surface area contributed by atoms with Gasteiger partial charge in [-0.1, -0.05) is 39.0 Å². The predicted octanol–water partition coefficient (Wildman–Crippen LogP) is 2.67. The Kier molecular flexibility index (Phi) is 8.29. The molecule has 0 amide bonds. The molecule has 0 aliphatic heterocycles. The molecule has 0 radical (unpaired) electrons. The van der Waals surface area contributed by atoms with E-state index in [1.807, 2.05) is 11.8 Å². The van der Waals surface area contributed by atoms with Crippen LogP contribution in [0, 0.1) is 0 Å². The molecule has 4 N–H and O–H groups in total. The van der Waals surface area contributed by atoms with Crippen molar-refractivity contribution in [2.75, 3.05) is 23.0 Å². The lowest BCUT2D eigenvalue weighted by molar-refractivity contribution is 0.627. The van der Waals surface area contributed by atoms with Crippen molar-refractivity contribution in [3.8, 4) is 0 Å². The molecule has 1 heterocycles. The summed E-state index contributed by atoms with van der Waals surface area (Å²) in [5.74, 6) is 3.34. The van der Waals surface area contributed by atoms with Gasteiger partial charge < -0.3 is 11.5 Å². The molecule has 19 heavy (non-hydrogen) atoms. The second-order valence-electron chi connectivity index (χ2n) is 4.60. The van der Waals surface area contributed by atoms with E-state index >= 15 is 0 Å². The van der Waals surface area contributed by atoms with E-state index in [0.717, 1.165) is 12.2 Å². The van der Waals surface area contributed by atoms with Crippen LogP contribution in [0.2, 0.25) is 0 Å². The van der Waals surface area contributed by atoms with Crippen LogP contribution < -0.4 is 11.5 Å². The number of anilines is 2. The Morgan fingerprint density at radius 1 is 0.842 bits per heavy atom. The van der Waals surface area contributed by atoms with Gasteiger partial charge in [0.1, 0.15) is 5.82 Å². The van der Waals surface area contributed by atoms with Crippen molar-refractivity contribution in [2.24, 2.45) is 0 Å².